The number of aromatic hydroxyl groups is 1. The fraction of sp³-hybridized carbons (Fsp3) is 0.407. The maximum atomic E-state index is 13.9. The first kappa shape index (κ1) is 21.7. The molecule has 1 atom stereocenters. The summed E-state index contributed by atoms with van der Waals surface area (Å²) in [5.41, 5.74) is 4.16. The summed E-state index contributed by atoms with van der Waals surface area (Å²) in [5.74, 6) is 1.37. The minimum absolute atomic E-state index is 0.102. The number of hydrogen-bond acceptors (Lipinski definition) is 5. The van der Waals surface area contributed by atoms with Crippen molar-refractivity contribution in [2.24, 2.45) is 7.05 Å². The highest BCUT2D eigenvalue weighted by Gasteiger charge is 2.26. The van der Waals surface area contributed by atoms with Crippen LogP contribution in [0.1, 0.15) is 50.0 Å². The Kier molecular flexibility index (Phi) is 5.49. The number of piperidine rings is 1. The van der Waals surface area contributed by atoms with E-state index in [0.29, 0.717) is 47.1 Å². The quantitative estimate of drug-likeness (QED) is 0.462. The maximum absolute atomic E-state index is 13.9. The fourth-order valence-electron chi connectivity index (χ4n) is 5.20. The molecule has 1 N–H and O–H groups in total. The SMILES string of the molecule is CCc1cc2c(=O)c(-c3nc4ccccc4n3C)c(C)oc2c(CN2CCCC[C@@H]2C)c1O. The molecule has 4 aromatic rings. The molecule has 1 saturated heterocycles. The van der Waals surface area contributed by atoms with Crippen LogP contribution < -0.4 is 5.43 Å². The summed E-state index contributed by atoms with van der Waals surface area (Å²) in [6, 6.07) is 10.1. The molecular weight excluding hydrogens is 414 g/mol. The van der Waals surface area contributed by atoms with E-state index in [1.54, 1.807) is 6.07 Å². The lowest BCUT2D eigenvalue weighted by Gasteiger charge is -2.33. The van der Waals surface area contributed by atoms with Crippen molar-refractivity contribution in [3.8, 4) is 17.1 Å². The molecule has 0 bridgehead atoms. The number of phenolic OH excluding ortho intramolecular Hbond substituents is 1. The maximum Gasteiger partial charge on any atom is 0.203 e. The van der Waals surface area contributed by atoms with Gasteiger partial charge in [0.1, 0.15) is 28.5 Å². The van der Waals surface area contributed by atoms with Gasteiger partial charge in [0.05, 0.1) is 22.0 Å². The zero-order valence-corrected chi connectivity index (χ0v) is 19.8. The molecule has 0 amide bonds. The van der Waals surface area contributed by atoms with E-state index >= 15 is 0 Å². The first-order valence-corrected chi connectivity index (χ1v) is 11.9. The van der Waals surface area contributed by atoms with E-state index in [0.717, 1.165) is 41.5 Å². The van der Waals surface area contributed by atoms with Gasteiger partial charge in [0, 0.05) is 19.6 Å². The third-order valence-corrected chi connectivity index (χ3v) is 7.20. The highest BCUT2D eigenvalue weighted by atomic mass is 16.3. The van der Waals surface area contributed by atoms with Crippen LogP contribution in [-0.4, -0.2) is 32.1 Å². The lowest BCUT2D eigenvalue weighted by atomic mass is 9.98. The van der Waals surface area contributed by atoms with E-state index in [1.807, 2.05) is 49.7 Å². The van der Waals surface area contributed by atoms with E-state index in [4.69, 9.17) is 9.40 Å². The van der Waals surface area contributed by atoms with Crippen molar-refractivity contribution in [3.63, 3.8) is 0 Å². The number of para-hydroxylation sites is 2. The van der Waals surface area contributed by atoms with E-state index in [-0.39, 0.29) is 11.2 Å². The van der Waals surface area contributed by atoms with Crippen LogP contribution in [0.3, 0.4) is 0 Å². The summed E-state index contributed by atoms with van der Waals surface area (Å²) in [7, 11) is 1.92. The highest BCUT2D eigenvalue weighted by Crippen LogP contribution is 2.35. The van der Waals surface area contributed by atoms with Gasteiger partial charge in [-0.05, 0) is 63.4 Å². The summed E-state index contributed by atoms with van der Waals surface area (Å²) in [6.45, 7) is 7.60. The van der Waals surface area contributed by atoms with Gasteiger partial charge in [-0.3, -0.25) is 9.69 Å². The van der Waals surface area contributed by atoms with Crippen LogP contribution in [0.4, 0.5) is 0 Å². The summed E-state index contributed by atoms with van der Waals surface area (Å²) in [4.78, 5) is 21.0. The summed E-state index contributed by atoms with van der Waals surface area (Å²) in [5, 5.41) is 11.6. The van der Waals surface area contributed by atoms with Crippen molar-refractivity contribution < 1.29 is 9.52 Å². The average Bonchev–Trinajstić information content (AvgIpc) is 3.13. The van der Waals surface area contributed by atoms with Crippen LogP contribution >= 0.6 is 0 Å². The van der Waals surface area contributed by atoms with Crippen LogP contribution in [0.15, 0.2) is 39.5 Å². The minimum atomic E-state index is -0.102. The molecule has 172 valence electrons. The molecule has 6 heteroatoms. The number of hydrogen-bond donors (Lipinski definition) is 1. The predicted molar refractivity (Wildman–Crippen MR) is 132 cm³/mol. The van der Waals surface area contributed by atoms with Gasteiger partial charge in [-0.25, -0.2) is 4.98 Å². The van der Waals surface area contributed by atoms with Crippen molar-refractivity contribution in [3.05, 3.63) is 57.4 Å². The Morgan fingerprint density at radius 3 is 2.76 bits per heavy atom. The van der Waals surface area contributed by atoms with Crippen molar-refractivity contribution in [1.82, 2.24) is 14.5 Å². The van der Waals surface area contributed by atoms with Gasteiger partial charge in [-0.2, -0.15) is 0 Å². The molecule has 1 aliphatic rings. The van der Waals surface area contributed by atoms with Gasteiger partial charge in [-0.15, -0.1) is 0 Å². The molecular formula is C27H31N3O3. The number of aromatic nitrogens is 2. The Morgan fingerprint density at radius 1 is 1.24 bits per heavy atom. The Morgan fingerprint density at radius 2 is 2.03 bits per heavy atom. The third kappa shape index (κ3) is 3.53. The lowest BCUT2D eigenvalue weighted by Crippen LogP contribution is -2.36. The van der Waals surface area contributed by atoms with E-state index in [9.17, 15) is 9.90 Å². The first-order valence-electron chi connectivity index (χ1n) is 11.9. The second-order valence-corrected chi connectivity index (χ2v) is 9.25. The van der Waals surface area contributed by atoms with Crippen LogP contribution in [0.2, 0.25) is 0 Å². The monoisotopic (exact) mass is 445 g/mol. The largest absolute Gasteiger partial charge is 0.507 e. The van der Waals surface area contributed by atoms with Gasteiger partial charge in [0.15, 0.2) is 0 Å². The highest BCUT2D eigenvalue weighted by molar-refractivity contribution is 5.88. The normalized spacial score (nSPS) is 17.3. The number of benzene rings is 2. The van der Waals surface area contributed by atoms with Crippen molar-refractivity contribution in [2.45, 2.75) is 59.0 Å². The molecule has 2 aromatic heterocycles. The molecule has 0 unspecified atom stereocenters. The second kappa shape index (κ2) is 8.34. The molecule has 3 heterocycles. The lowest BCUT2D eigenvalue weighted by molar-refractivity contribution is 0.151. The van der Waals surface area contributed by atoms with Crippen LogP contribution in [-0.2, 0) is 20.0 Å². The number of imidazole rings is 1. The van der Waals surface area contributed by atoms with Crippen LogP contribution in [0.25, 0.3) is 33.4 Å². The number of fused-ring (bicyclic) bond motifs is 2. The third-order valence-electron chi connectivity index (χ3n) is 7.20. The molecule has 5 rings (SSSR count). The number of aryl methyl sites for hydroxylation is 3. The zero-order valence-electron chi connectivity index (χ0n) is 19.8. The molecule has 33 heavy (non-hydrogen) atoms. The van der Waals surface area contributed by atoms with E-state index < -0.39 is 0 Å². The van der Waals surface area contributed by atoms with Crippen LogP contribution in [0.5, 0.6) is 5.75 Å². The van der Waals surface area contributed by atoms with Gasteiger partial charge in [0.2, 0.25) is 5.43 Å². The van der Waals surface area contributed by atoms with Gasteiger partial charge >= 0.3 is 0 Å². The second-order valence-electron chi connectivity index (χ2n) is 9.25. The Hall–Kier alpha value is -3.12. The van der Waals surface area contributed by atoms with E-state index in [2.05, 4.69) is 11.8 Å². The predicted octanol–water partition coefficient (Wildman–Crippen LogP) is 5.30. The van der Waals surface area contributed by atoms with Crippen LogP contribution in [0, 0.1) is 6.92 Å². The number of rotatable bonds is 4. The molecule has 0 spiro atoms. The Bertz CT molecular complexity index is 1420. The zero-order chi connectivity index (χ0) is 23.3. The number of nitrogens with zero attached hydrogens (tertiary/aromatic N) is 3. The summed E-state index contributed by atoms with van der Waals surface area (Å²) in [6.07, 6.45) is 4.16. The van der Waals surface area contributed by atoms with Gasteiger partial charge < -0.3 is 14.1 Å². The Labute approximate surface area is 193 Å². The molecule has 6 nitrogen and oxygen atoms in total. The standard InChI is InChI=1S/C27H31N3O3/c1-5-18-14-19-25(32)23(27-28-21-11-6-7-12-22(21)29(27)4)17(3)33-26(19)20(24(18)31)15-30-13-9-8-10-16(30)2/h6-7,11-12,14,16,31H,5,8-10,13,15H2,1-4H3/t16-/m0/s1. The van der Waals surface area contributed by atoms with Crippen molar-refractivity contribution >= 4 is 22.0 Å². The van der Waals surface area contributed by atoms with Gasteiger partial charge in [0.25, 0.3) is 0 Å². The first-order chi connectivity index (χ1) is 15.9. The minimum Gasteiger partial charge on any atom is -0.507 e. The molecule has 1 aliphatic heterocycles. The molecule has 2 aromatic carbocycles. The van der Waals surface area contributed by atoms with Gasteiger partial charge in [-0.1, -0.05) is 25.5 Å². The van der Waals surface area contributed by atoms with Crippen molar-refractivity contribution in [1.29, 1.82) is 0 Å². The molecule has 0 radical (unpaired) electrons. The molecule has 1 fully saturated rings. The van der Waals surface area contributed by atoms with E-state index in [1.165, 1.54) is 6.42 Å². The van der Waals surface area contributed by atoms with Crippen molar-refractivity contribution in [2.75, 3.05) is 6.54 Å². The molecule has 0 saturated carbocycles. The Balaban J connectivity index is 1.74. The topological polar surface area (TPSA) is 71.5 Å². The smallest absolute Gasteiger partial charge is 0.203 e. The average molecular weight is 446 g/mol. The summed E-state index contributed by atoms with van der Waals surface area (Å²) >= 11 is 0. The summed E-state index contributed by atoms with van der Waals surface area (Å²) < 4.78 is 8.27. The number of likely N-dealkylation sites (tertiary alicyclic amines) is 1. The fourth-order valence-corrected chi connectivity index (χ4v) is 5.20. The number of phenols is 1. The molecule has 0 aliphatic carbocycles.